The minimum Gasteiger partial charge on any atom is -0.337 e. The molecule has 170 valence electrons. The number of nitrogens with zero attached hydrogens (tertiary/aromatic N) is 4. The van der Waals surface area contributed by atoms with Crippen LogP contribution >= 0.6 is 11.6 Å². The molecule has 1 saturated carbocycles. The first-order valence-corrected chi connectivity index (χ1v) is 11.7. The van der Waals surface area contributed by atoms with Crippen molar-refractivity contribution in [2.24, 2.45) is 5.92 Å². The number of hydrogen-bond acceptors (Lipinski definition) is 5. The van der Waals surface area contributed by atoms with Gasteiger partial charge in [-0.15, -0.1) is 0 Å². The SMILES string of the molecule is O=C1C2CCCCC2N(Cc2nc(-c3ccc(Cl)cc3)no2)C(=O)N1CCc1ccccc1. The Morgan fingerprint density at radius 2 is 1.76 bits per heavy atom. The molecule has 3 amide bonds. The van der Waals surface area contributed by atoms with Gasteiger partial charge in [0, 0.05) is 23.2 Å². The first-order chi connectivity index (χ1) is 16.1. The predicted octanol–water partition coefficient (Wildman–Crippen LogP) is 4.96. The number of imide groups is 1. The number of hydrogen-bond donors (Lipinski definition) is 0. The molecule has 2 heterocycles. The molecule has 2 unspecified atom stereocenters. The van der Waals surface area contributed by atoms with Crippen LogP contribution in [0.5, 0.6) is 0 Å². The third kappa shape index (κ3) is 4.50. The van der Waals surface area contributed by atoms with Gasteiger partial charge in [0.25, 0.3) is 0 Å². The van der Waals surface area contributed by atoms with E-state index in [0.717, 1.165) is 36.8 Å². The van der Waals surface area contributed by atoms with Crippen LogP contribution in [-0.4, -0.2) is 44.5 Å². The highest BCUT2D eigenvalue weighted by Crippen LogP contribution is 2.35. The summed E-state index contributed by atoms with van der Waals surface area (Å²) in [7, 11) is 0. The smallest absolute Gasteiger partial charge is 0.327 e. The summed E-state index contributed by atoms with van der Waals surface area (Å²) in [6, 6.07) is 16.7. The maximum absolute atomic E-state index is 13.5. The van der Waals surface area contributed by atoms with E-state index in [0.29, 0.717) is 29.7 Å². The normalized spacial score (nSPS) is 20.8. The molecule has 1 aliphatic heterocycles. The molecule has 0 spiro atoms. The second-order valence-corrected chi connectivity index (χ2v) is 9.05. The molecule has 7 nitrogen and oxygen atoms in total. The summed E-state index contributed by atoms with van der Waals surface area (Å²) in [5.41, 5.74) is 1.88. The Kier molecular flexibility index (Phi) is 6.13. The van der Waals surface area contributed by atoms with Gasteiger partial charge in [-0.3, -0.25) is 9.69 Å². The molecule has 3 aromatic rings. The van der Waals surface area contributed by atoms with Gasteiger partial charge in [0.2, 0.25) is 17.6 Å². The fourth-order valence-corrected chi connectivity index (χ4v) is 4.95. The highest BCUT2D eigenvalue weighted by Gasteiger charge is 2.47. The zero-order valence-corrected chi connectivity index (χ0v) is 18.9. The number of fused-ring (bicyclic) bond motifs is 1. The largest absolute Gasteiger partial charge is 0.337 e. The van der Waals surface area contributed by atoms with Gasteiger partial charge in [0.05, 0.1) is 5.92 Å². The van der Waals surface area contributed by atoms with Crippen LogP contribution in [0.25, 0.3) is 11.4 Å². The third-order valence-corrected chi connectivity index (χ3v) is 6.78. The van der Waals surface area contributed by atoms with Gasteiger partial charge in [-0.25, -0.2) is 4.79 Å². The summed E-state index contributed by atoms with van der Waals surface area (Å²) in [4.78, 5) is 34.3. The predicted molar refractivity (Wildman–Crippen MR) is 123 cm³/mol. The Morgan fingerprint density at radius 3 is 2.55 bits per heavy atom. The summed E-state index contributed by atoms with van der Waals surface area (Å²) in [5.74, 6) is 0.577. The molecule has 2 aromatic carbocycles. The van der Waals surface area contributed by atoms with Crippen LogP contribution in [0.15, 0.2) is 59.1 Å². The molecular weight excluding hydrogens is 440 g/mol. The van der Waals surface area contributed by atoms with E-state index in [1.807, 2.05) is 42.5 Å². The zero-order chi connectivity index (χ0) is 22.8. The Bertz CT molecular complexity index is 1130. The van der Waals surface area contributed by atoms with Gasteiger partial charge in [-0.05, 0) is 49.1 Å². The van der Waals surface area contributed by atoms with Crippen LogP contribution < -0.4 is 0 Å². The molecule has 1 aliphatic carbocycles. The molecule has 1 saturated heterocycles. The lowest BCUT2D eigenvalue weighted by atomic mass is 9.81. The fourth-order valence-electron chi connectivity index (χ4n) is 4.82. The van der Waals surface area contributed by atoms with E-state index in [9.17, 15) is 9.59 Å². The monoisotopic (exact) mass is 464 g/mol. The van der Waals surface area contributed by atoms with E-state index in [-0.39, 0.29) is 30.4 Å². The number of urea groups is 1. The molecule has 8 heteroatoms. The minimum atomic E-state index is -0.273. The molecule has 1 aromatic heterocycles. The van der Waals surface area contributed by atoms with Gasteiger partial charge < -0.3 is 9.42 Å². The van der Waals surface area contributed by atoms with Crippen LogP contribution in [0.2, 0.25) is 5.02 Å². The maximum atomic E-state index is 13.5. The maximum Gasteiger partial charge on any atom is 0.327 e. The van der Waals surface area contributed by atoms with Crippen molar-refractivity contribution >= 4 is 23.5 Å². The number of amides is 3. The van der Waals surface area contributed by atoms with Gasteiger partial charge in [-0.2, -0.15) is 4.98 Å². The Labute approximate surface area is 197 Å². The van der Waals surface area contributed by atoms with Crippen molar-refractivity contribution in [2.75, 3.05) is 6.54 Å². The standard InChI is InChI=1S/C25H25ClN4O3/c26-19-12-10-18(11-13-19)23-27-22(33-28-23)16-30-21-9-5-4-8-20(21)24(31)29(25(30)32)15-14-17-6-2-1-3-7-17/h1-3,6-7,10-13,20-21H,4-5,8-9,14-16H2. The lowest BCUT2D eigenvalue weighted by molar-refractivity contribution is -0.140. The molecule has 2 fully saturated rings. The molecule has 0 radical (unpaired) electrons. The van der Waals surface area contributed by atoms with Crippen LogP contribution in [0.4, 0.5) is 4.79 Å². The summed E-state index contributed by atoms with van der Waals surface area (Å²) >= 11 is 5.96. The van der Waals surface area contributed by atoms with Crippen molar-refractivity contribution in [3.8, 4) is 11.4 Å². The van der Waals surface area contributed by atoms with Gasteiger partial charge in [0.1, 0.15) is 6.54 Å². The van der Waals surface area contributed by atoms with Gasteiger partial charge in [-0.1, -0.05) is 59.9 Å². The molecular formula is C25H25ClN4O3. The van der Waals surface area contributed by atoms with Crippen LogP contribution in [0, 0.1) is 5.92 Å². The van der Waals surface area contributed by atoms with E-state index in [2.05, 4.69) is 10.1 Å². The zero-order valence-electron chi connectivity index (χ0n) is 18.2. The first kappa shape index (κ1) is 21.6. The Balaban J connectivity index is 1.36. The van der Waals surface area contributed by atoms with Crippen molar-refractivity contribution in [3.05, 3.63) is 71.1 Å². The second-order valence-electron chi connectivity index (χ2n) is 8.61. The Morgan fingerprint density at radius 1 is 1.00 bits per heavy atom. The average molecular weight is 465 g/mol. The van der Waals surface area contributed by atoms with Crippen LogP contribution in [0.3, 0.4) is 0 Å². The van der Waals surface area contributed by atoms with E-state index < -0.39 is 0 Å². The average Bonchev–Trinajstić information content (AvgIpc) is 3.31. The van der Waals surface area contributed by atoms with Crippen LogP contribution in [0.1, 0.15) is 37.1 Å². The summed E-state index contributed by atoms with van der Waals surface area (Å²) in [6.07, 6.45) is 4.25. The first-order valence-electron chi connectivity index (χ1n) is 11.3. The third-order valence-electron chi connectivity index (χ3n) is 6.53. The summed E-state index contributed by atoms with van der Waals surface area (Å²) in [5, 5.41) is 4.70. The van der Waals surface area contributed by atoms with Crippen LogP contribution in [-0.2, 0) is 17.8 Å². The molecule has 2 aliphatic rings. The lowest BCUT2D eigenvalue weighted by Crippen LogP contribution is -2.62. The highest BCUT2D eigenvalue weighted by molar-refractivity contribution is 6.30. The quantitative estimate of drug-likeness (QED) is 0.515. The topological polar surface area (TPSA) is 79.5 Å². The molecule has 5 rings (SSSR count). The number of benzene rings is 2. The van der Waals surface area contributed by atoms with E-state index >= 15 is 0 Å². The lowest BCUT2D eigenvalue weighted by Gasteiger charge is -2.46. The highest BCUT2D eigenvalue weighted by atomic mass is 35.5. The van der Waals surface area contributed by atoms with Crippen molar-refractivity contribution in [1.82, 2.24) is 19.9 Å². The second kappa shape index (κ2) is 9.35. The van der Waals surface area contributed by atoms with Crippen molar-refractivity contribution in [1.29, 1.82) is 0 Å². The Hall–Kier alpha value is -3.19. The number of carbonyl (C=O) groups is 2. The number of carbonyl (C=O) groups excluding carboxylic acids is 2. The van der Waals surface area contributed by atoms with Crippen molar-refractivity contribution in [2.45, 2.75) is 44.7 Å². The van der Waals surface area contributed by atoms with E-state index in [4.69, 9.17) is 16.1 Å². The molecule has 33 heavy (non-hydrogen) atoms. The van der Waals surface area contributed by atoms with E-state index in [1.54, 1.807) is 17.0 Å². The van der Waals surface area contributed by atoms with Crippen molar-refractivity contribution in [3.63, 3.8) is 0 Å². The van der Waals surface area contributed by atoms with E-state index in [1.165, 1.54) is 4.90 Å². The number of halogens is 1. The minimum absolute atomic E-state index is 0.0516. The molecule has 2 atom stereocenters. The fraction of sp³-hybridized carbons (Fsp3) is 0.360. The number of rotatable bonds is 6. The number of aromatic nitrogens is 2. The van der Waals surface area contributed by atoms with Gasteiger partial charge >= 0.3 is 6.03 Å². The molecule has 0 bridgehead atoms. The summed E-state index contributed by atoms with van der Waals surface area (Å²) < 4.78 is 5.48. The van der Waals surface area contributed by atoms with Crippen molar-refractivity contribution < 1.29 is 14.1 Å². The molecule has 0 N–H and O–H groups in total. The summed E-state index contributed by atoms with van der Waals surface area (Å²) in [6.45, 7) is 0.553. The van der Waals surface area contributed by atoms with Gasteiger partial charge in [0.15, 0.2) is 0 Å².